The molecule has 1 aromatic carbocycles. The van der Waals surface area contributed by atoms with Crippen LogP contribution in [-0.2, 0) is 0 Å². The molecule has 98 valence electrons. The van der Waals surface area contributed by atoms with Gasteiger partial charge in [-0.15, -0.1) is 0 Å². The minimum Gasteiger partial charge on any atom is -0.478 e. The summed E-state index contributed by atoms with van der Waals surface area (Å²) in [7, 11) is 0. The van der Waals surface area contributed by atoms with Crippen molar-refractivity contribution in [2.24, 2.45) is 5.92 Å². The molecular weight excluding hydrogens is 232 g/mol. The van der Waals surface area contributed by atoms with Crippen molar-refractivity contribution >= 4 is 17.3 Å². The molecule has 0 radical (unpaired) electrons. The number of rotatable bonds is 2. The second kappa shape index (κ2) is 4.86. The van der Waals surface area contributed by atoms with Gasteiger partial charge in [0.25, 0.3) is 0 Å². The number of nitrogens with two attached hydrogens (primary N) is 1. The molecule has 0 saturated carbocycles. The molecule has 4 N–H and O–H groups in total. The maximum absolute atomic E-state index is 11.2. The molecule has 0 aliphatic carbocycles. The normalized spacial score (nSPS) is 24.0. The third-order valence-electron chi connectivity index (χ3n) is 3.51. The Bertz CT molecular complexity index is 462. The minimum atomic E-state index is -0.995. The number of nitrogens with zero attached hydrogens (tertiary/aromatic N) is 1. The summed E-state index contributed by atoms with van der Waals surface area (Å²) in [6, 6.07) is 4.86. The Morgan fingerprint density at radius 1 is 1.50 bits per heavy atom. The van der Waals surface area contributed by atoms with E-state index in [1.165, 1.54) is 6.07 Å². The van der Waals surface area contributed by atoms with E-state index in [9.17, 15) is 15.0 Å². The van der Waals surface area contributed by atoms with E-state index in [-0.39, 0.29) is 11.5 Å². The van der Waals surface area contributed by atoms with Gasteiger partial charge in [-0.05, 0) is 30.5 Å². The standard InChI is InChI=1S/C13H18N2O3/c1-8-4-5-15(7-12(8)16)11-3-2-9(14)6-10(11)13(17)18/h2-3,6,8,12,16H,4-5,7,14H2,1H3,(H,17,18). The molecule has 1 aliphatic heterocycles. The summed E-state index contributed by atoms with van der Waals surface area (Å²) in [5, 5.41) is 19.1. The van der Waals surface area contributed by atoms with Gasteiger partial charge in [-0.25, -0.2) is 4.79 Å². The van der Waals surface area contributed by atoms with Crippen LogP contribution in [0.3, 0.4) is 0 Å². The first-order valence-electron chi connectivity index (χ1n) is 6.05. The van der Waals surface area contributed by atoms with Crippen LogP contribution in [0.4, 0.5) is 11.4 Å². The maximum Gasteiger partial charge on any atom is 0.337 e. The highest BCUT2D eigenvalue weighted by Gasteiger charge is 2.26. The molecule has 0 aromatic heterocycles. The lowest BCUT2D eigenvalue weighted by Gasteiger charge is -2.36. The molecule has 1 heterocycles. The summed E-state index contributed by atoms with van der Waals surface area (Å²) in [6.07, 6.45) is 0.433. The summed E-state index contributed by atoms with van der Waals surface area (Å²) in [6.45, 7) is 3.22. The first kappa shape index (κ1) is 12.7. The van der Waals surface area contributed by atoms with E-state index in [0.717, 1.165) is 13.0 Å². The van der Waals surface area contributed by atoms with Gasteiger partial charge < -0.3 is 20.8 Å². The van der Waals surface area contributed by atoms with Crippen molar-refractivity contribution in [3.05, 3.63) is 23.8 Å². The molecule has 0 amide bonds. The van der Waals surface area contributed by atoms with E-state index in [1.807, 2.05) is 11.8 Å². The monoisotopic (exact) mass is 250 g/mol. The van der Waals surface area contributed by atoms with Crippen molar-refractivity contribution in [1.29, 1.82) is 0 Å². The number of aliphatic hydroxyl groups is 1. The molecule has 5 nitrogen and oxygen atoms in total. The third kappa shape index (κ3) is 2.41. The molecule has 2 unspecified atom stereocenters. The van der Waals surface area contributed by atoms with E-state index in [0.29, 0.717) is 17.9 Å². The van der Waals surface area contributed by atoms with E-state index in [2.05, 4.69) is 0 Å². The molecule has 0 bridgehead atoms. The number of hydrogen-bond acceptors (Lipinski definition) is 4. The predicted octanol–water partition coefficient (Wildman–Crippen LogP) is 1.17. The smallest absolute Gasteiger partial charge is 0.337 e. The number of carbonyl (C=O) groups is 1. The number of aromatic carboxylic acids is 1. The van der Waals surface area contributed by atoms with Crippen molar-refractivity contribution in [3.8, 4) is 0 Å². The Balaban J connectivity index is 2.30. The molecule has 0 spiro atoms. The number of benzene rings is 1. The Morgan fingerprint density at radius 3 is 2.83 bits per heavy atom. The minimum absolute atomic E-state index is 0.191. The quantitative estimate of drug-likeness (QED) is 0.686. The zero-order valence-electron chi connectivity index (χ0n) is 10.3. The van der Waals surface area contributed by atoms with Gasteiger partial charge in [0, 0.05) is 18.8 Å². The Hall–Kier alpha value is -1.75. The summed E-state index contributed by atoms with van der Waals surface area (Å²) >= 11 is 0. The van der Waals surface area contributed by atoms with Crippen molar-refractivity contribution < 1.29 is 15.0 Å². The number of β-amino-alcohol motifs (C(OH)–C–C–N with tert-alkyl or cyclic N) is 1. The van der Waals surface area contributed by atoms with Crippen molar-refractivity contribution in [2.45, 2.75) is 19.4 Å². The van der Waals surface area contributed by atoms with Crippen LogP contribution in [0.2, 0.25) is 0 Å². The predicted molar refractivity (Wildman–Crippen MR) is 69.8 cm³/mol. The van der Waals surface area contributed by atoms with Gasteiger partial charge in [0.15, 0.2) is 0 Å². The molecular formula is C13H18N2O3. The number of nitrogen functional groups attached to an aromatic ring is 1. The molecule has 2 atom stereocenters. The van der Waals surface area contributed by atoms with E-state index in [4.69, 9.17) is 5.73 Å². The van der Waals surface area contributed by atoms with Crippen LogP contribution in [0.15, 0.2) is 18.2 Å². The molecule has 5 heteroatoms. The van der Waals surface area contributed by atoms with Crippen LogP contribution < -0.4 is 10.6 Å². The first-order valence-corrected chi connectivity index (χ1v) is 6.05. The second-order valence-corrected chi connectivity index (χ2v) is 4.86. The van der Waals surface area contributed by atoms with Gasteiger partial charge >= 0.3 is 5.97 Å². The van der Waals surface area contributed by atoms with Crippen LogP contribution in [0, 0.1) is 5.92 Å². The van der Waals surface area contributed by atoms with Gasteiger partial charge in [-0.3, -0.25) is 0 Å². The number of hydrogen-bond donors (Lipinski definition) is 3. The fourth-order valence-corrected chi connectivity index (χ4v) is 2.27. The van der Waals surface area contributed by atoms with Gasteiger partial charge in [0.05, 0.1) is 17.4 Å². The molecule has 1 saturated heterocycles. The van der Waals surface area contributed by atoms with Gasteiger partial charge in [0.1, 0.15) is 0 Å². The largest absolute Gasteiger partial charge is 0.478 e. The summed E-state index contributed by atoms with van der Waals surface area (Å²) in [5.74, 6) is -0.742. The molecule has 1 aliphatic rings. The fourth-order valence-electron chi connectivity index (χ4n) is 2.27. The Morgan fingerprint density at radius 2 is 2.22 bits per heavy atom. The number of aliphatic hydroxyl groups excluding tert-OH is 1. The zero-order valence-corrected chi connectivity index (χ0v) is 10.3. The Kier molecular flexibility index (Phi) is 3.43. The van der Waals surface area contributed by atoms with Crippen molar-refractivity contribution in [1.82, 2.24) is 0 Å². The van der Waals surface area contributed by atoms with Gasteiger partial charge in [0.2, 0.25) is 0 Å². The zero-order chi connectivity index (χ0) is 13.3. The lowest BCUT2D eigenvalue weighted by atomic mass is 9.95. The van der Waals surface area contributed by atoms with Gasteiger partial charge in [-0.1, -0.05) is 6.92 Å². The van der Waals surface area contributed by atoms with Crippen molar-refractivity contribution in [3.63, 3.8) is 0 Å². The average molecular weight is 250 g/mol. The number of piperidine rings is 1. The fraction of sp³-hybridized carbons (Fsp3) is 0.462. The third-order valence-corrected chi connectivity index (χ3v) is 3.51. The Labute approximate surface area is 106 Å². The lowest BCUT2D eigenvalue weighted by Crippen LogP contribution is -2.43. The average Bonchev–Trinajstić information content (AvgIpc) is 2.32. The molecule has 1 aromatic rings. The molecule has 2 rings (SSSR count). The highest BCUT2D eigenvalue weighted by atomic mass is 16.4. The second-order valence-electron chi connectivity index (χ2n) is 4.86. The number of anilines is 2. The first-order chi connectivity index (χ1) is 8.49. The summed E-state index contributed by atoms with van der Waals surface area (Å²) < 4.78 is 0. The van der Waals surface area contributed by atoms with Crippen LogP contribution in [0.25, 0.3) is 0 Å². The maximum atomic E-state index is 11.2. The van der Waals surface area contributed by atoms with Crippen LogP contribution >= 0.6 is 0 Å². The van der Waals surface area contributed by atoms with Crippen LogP contribution in [0.5, 0.6) is 0 Å². The SMILES string of the molecule is CC1CCN(c2ccc(N)cc2C(=O)O)CC1O. The number of carboxylic acids is 1. The van der Waals surface area contributed by atoms with E-state index < -0.39 is 12.1 Å². The van der Waals surface area contributed by atoms with Gasteiger partial charge in [-0.2, -0.15) is 0 Å². The summed E-state index contributed by atoms with van der Waals surface area (Å²) in [4.78, 5) is 13.1. The van der Waals surface area contributed by atoms with Crippen LogP contribution in [-0.4, -0.2) is 35.4 Å². The van der Waals surface area contributed by atoms with Crippen molar-refractivity contribution in [2.75, 3.05) is 23.7 Å². The highest BCUT2D eigenvalue weighted by molar-refractivity contribution is 5.95. The molecule has 1 fully saturated rings. The van der Waals surface area contributed by atoms with E-state index >= 15 is 0 Å². The highest BCUT2D eigenvalue weighted by Crippen LogP contribution is 2.28. The number of carboxylic acid groups (broad SMARTS) is 1. The lowest BCUT2D eigenvalue weighted by molar-refractivity contribution is 0.0695. The van der Waals surface area contributed by atoms with E-state index in [1.54, 1.807) is 12.1 Å². The molecule has 18 heavy (non-hydrogen) atoms. The van der Waals surface area contributed by atoms with Crippen LogP contribution in [0.1, 0.15) is 23.7 Å². The topological polar surface area (TPSA) is 86.8 Å². The summed E-state index contributed by atoms with van der Waals surface area (Å²) in [5.41, 5.74) is 6.86.